The number of aliphatic imine (C=N–C) groups is 1. The highest BCUT2D eigenvalue weighted by atomic mass is 19.1. The van der Waals surface area contributed by atoms with Crippen LogP contribution in [0.1, 0.15) is 19.4 Å². The summed E-state index contributed by atoms with van der Waals surface area (Å²) in [5.74, 6) is -3.19. The van der Waals surface area contributed by atoms with Crippen molar-refractivity contribution in [1.29, 1.82) is 0 Å². The van der Waals surface area contributed by atoms with Crippen LogP contribution in [0.15, 0.2) is 40.9 Å². The number of allylic oxidation sites excluding steroid dienone is 1. The standard InChI is InChI=1S/C17H18FNO4/c1-10(2)23-17(22)15-14(16(20)21)8-12(9-19-15)7-11-3-5-13(18)6-4-11/h3-6,8-10,14-15H,7H2,1-2H3,(H,20,21). The van der Waals surface area contributed by atoms with Crippen LogP contribution in [0, 0.1) is 11.7 Å². The van der Waals surface area contributed by atoms with Crippen molar-refractivity contribution in [3.05, 3.63) is 47.3 Å². The van der Waals surface area contributed by atoms with Gasteiger partial charge in [0, 0.05) is 6.21 Å². The molecule has 0 amide bonds. The minimum atomic E-state index is -1.14. The Balaban J connectivity index is 2.15. The summed E-state index contributed by atoms with van der Waals surface area (Å²) < 4.78 is 18.0. The summed E-state index contributed by atoms with van der Waals surface area (Å²) in [6.45, 7) is 3.38. The molecule has 1 aliphatic heterocycles. The molecule has 1 aliphatic rings. The zero-order valence-corrected chi connectivity index (χ0v) is 12.9. The third kappa shape index (κ3) is 4.48. The van der Waals surface area contributed by atoms with Gasteiger partial charge in [-0.3, -0.25) is 9.79 Å². The van der Waals surface area contributed by atoms with E-state index in [1.54, 1.807) is 26.0 Å². The van der Waals surface area contributed by atoms with Crippen molar-refractivity contribution >= 4 is 18.2 Å². The second kappa shape index (κ2) is 7.17. The molecule has 0 aliphatic carbocycles. The number of hydrogen-bond acceptors (Lipinski definition) is 4. The molecule has 122 valence electrons. The molecular formula is C17H18FNO4. The summed E-state index contributed by atoms with van der Waals surface area (Å²) in [5.41, 5.74) is 1.49. The normalized spacial score (nSPS) is 20.3. The molecular weight excluding hydrogens is 301 g/mol. The van der Waals surface area contributed by atoms with Crippen LogP contribution in [-0.2, 0) is 20.7 Å². The third-order valence-electron chi connectivity index (χ3n) is 3.33. The van der Waals surface area contributed by atoms with Crippen molar-refractivity contribution in [3.63, 3.8) is 0 Å². The maximum Gasteiger partial charge on any atom is 0.332 e. The summed E-state index contributed by atoms with van der Waals surface area (Å²) in [5, 5.41) is 9.34. The van der Waals surface area contributed by atoms with E-state index >= 15 is 0 Å². The van der Waals surface area contributed by atoms with Crippen molar-refractivity contribution < 1.29 is 23.8 Å². The summed E-state index contributed by atoms with van der Waals surface area (Å²) in [6, 6.07) is 4.85. The van der Waals surface area contributed by atoms with E-state index < -0.39 is 23.9 Å². The molecule has 5 nitrogen and oxygen atoms in total. The zero-order chi connectivity index (χ0) is 17.0. The van der Waals surface area contributed by atoms with Crippen molar-refractivity contribution in [2.75, 3.05) is 0 Å². The van der Waals surface area contributed by atoms with Crippen LogP contribution in [-0.4, -0.2) is 35.4 Å². The fraction of sp³-hybridized carbons (Fsp3) is 0.353. The smallest absolute Gasteiger partial charge is 0.332 e. The number of halogens is 1. The van der Waals surface area contributed by atoms with Gasteiger partial charge >= 0.3 is 11.9 Å². The van der Waals surface area contributed by atoms with Crippen LogP contribution in [0.5, 0.6) is 0 Å². The van der Waals surface area contributed by atoms with Crippen molar-refractivity contribution in [2.45, 2.75) is 32.4 Å². The summed E-state index contributed by atoms with van der Waals surface area (Å²) >= 11 is 0. The molecule has 1 aromatic rings. The maximum atomic E-state index is 12.9. The minimum absolute atomic E-state index is 0.333. The Bertz CT molecular complexity index is 649. The van der Waals surface area contributed by atoms with Crippen LogP contribution < -0.4 is 0 Å². The monoisotopic (exact) mass is 319 g/mol. The van der Waals surface area contributed by atoms with E-state index in [2.05, 4.69) is 4.99 Å². The molecule has 0 aromatic heterocycles. The highest BCUT2D eigenvalue weighted by Gasteiger charge is 2.35. The number of aliphatic carboxylic acids is 1. The van der Waals surface area contributed by atoms with Crippen LogP contribution in [0.3, 0.4) is 0 Å². The summed E-state index contributed by atoms with van der Waals surface area (Å²) in [4.78, 5) is 27.4. The second-order valence-corrected chi connectivity index (χ2v) is 5.62. The van der Waals surface area contributed by atoms with E-state index in [0.717, 1.165) is 5.56 Å². The van der Waals surface area contributed by atoms with Gasteiger partial charge in [0.25, 0.3) is 0 Å². The number of carboxylic acids is 1. The molecule has 6 heteroatoms. The lowest BCUT2D eigenvalue weighted by atomic mass is 9.92. The SMILES string of the molecule is CC(C)OC(=O)C1N=CC(Cc2ccc(F)cc2)=CC1C(=O)O. The zero-order valence-electron chi connectivity index (χ0n) is 12.9. The van der Waals surface area contributed by atoms with Gasteiger partial charge in [0.15, 0.2) is 6.04 Å². The molecule has 2 atom stereocenters. The summed E-state index contributed by atoms with van der Waals surface area (Å²) in [6.07, 6.45) is 3.07. The number of ether oxygens (including phenoxy) is 1. The Kier molecular flexibility index (Phi) is 5.26. The Hall–Kier alpha value is -2.50. The van der Waals surface area contributed by atoms with Crippen LogP contribution in [0.2, 0.25) is 0 Å². The highest BCUT2D eigenvalue weighted by molar-refractivity contribution is 5.92. The fourth-order valence-electron chi connectivity index (χ4n) is 2.29. The van der Waals surface area contributed by atoms with Crippen LogP contribution in [0.25, 0.3) is 0 Å². The molecule has 0 radical (unpaired) electrons. The Labute approximate surface area is 133 Å². The minimum Gasteiger partial charge on any atom is -0.481 e. The molecule has 1 heterocycles. The van der Waals surface area contributed by atoms with Gasteiger partial charge in [-0.25, -0.2) is 9.18 Å². The van der Waals surface area contributed by atoms with E-state index in [-0.39, 0.29) is 11.9 Å². The van der Waals surface area contributed by atoms with Gasteiger partial charge < -0.3 is 9.84 Å². The van der Waals surface area contributed by atoms with Gasteiger partial charge in [-0.15, -0.1) is 0 Å². The largest absolute Gasteiger partial charge is 0.481 e. The number of esters is 1. The van der Waals surface area contributed by atoms with Gasteiger partial charge in [-0.1, -0.05) is 18.2 Å². The van der Waals surface area contributed by atoms with E-state index in [1.165, 1.54) is 24.4 Å². The first-order valence-electron chi connectivity index (χ1n) is 7.28. The second-order valence-electron chi connectivity index (χ2n) is 5.62. The first-order valence-corrected chi connectivity index (χ1v) is 7.28. The van der Waals surface area contributed by atoms with Gasteiger partial charge in [-0.2, -0.15) is 0 Å². The fourth-order valence-corrected chi connectivity index (χ4v) is 2.29. The van der Waals surface area contributed by atoms with Gasteiger partial charge in [0.05, 0.1) is 6.10 Å². The number of carboxylic acid groups (broad SMARTS) is 1. The third-order valence-corrected chi connectivity index (χ3v) is 3.33. The molecule has 2 unspecified atom stereocenters. The van der Waals surface area contributed by atoms with E-state index in [1.807, 2.05) is 0 Å². The quantitative estimate of drug-likeness (QED) is 0.846. The van der Waals surface area contributed by atoms with E-state index in [4.69, 9.17) is 4.74 Å². The lowest BCUT2D eigenvalue weighted by Crippen LogP contribution is -2.37. The molecule has 2 rings (SSSR count). The molecule has 0 bridgehead atoms. The Morgan fingerprint density at radius 1 is 1.30 bits per heavy atom. The topological polar surface area (TPSA) is 76.0 Å². The van der Waals surface area contributed by atoms with Gasteiger partial charge in [0.1, 0.15) is 11.7 Å². The molecule has 0 fully saturated rings. The molecule has 1 N–H and O–H groups in total. The number of rotatable bonds is 5. The lowest BCUT2D eigenvalue weighted by Gasteiger charge is -2.22. The lowest BCUT2D eigenvalue weighted by molar-refractivity contribution is -0.154. The Morgan fingerprint density at radius 2 is 1.96 bits per heavy atom. The number of carbonyl (C=O) groups is 2. The number of nitrogens with zero attached hydrogens (tertiary/aromatic N) is 1. The van der Waals surface area contributed by atoms with E-state index in [9.17, 15) is 19.1 Å². The van der Waals surface area contributed by atoms with Gasteiger partial charge in [-0.05, 0) is 43.5 Å². The Morgan fingerprint density at radius 3 is 2.52 bits per heavy atom. The van der Waals surface area contributed by atoms with Crippen LogP contribution in [0.4, 0.5) is 4.39 Å². The van der Waals surface area contributed by atoms with E-state index in [0.29, 0.717) is 12.0 Å². The average Bonchev–Trinajstić information content (AvgIpc) is 2.48. The average molecular weight is 319 g/mol. The predicted molar refractivity (Wildman–Crippen MR) is 82.8 cm³/mol. The predicted octanol–water partition coefficient (Wildman–Crippen LogP) is 2.40. The number of hydrogen-bond donors (Lipinski definition) is 1. The number of dihydropyridines is 1. The summed E-state index contributed by atoms with van der Waals surface area (Å²) in [7, 11) is 0. The highest BCUT2D eigenvalue weighted by Crippen LogP contribution is 2.21. The number of benzene rings is 1. The molecule has 1 aromatic carbocycles. The van der Waals surface area contributed by atoms with Crippen molar-refractivity contribution in [3.8, 4) is 0 Å². The first-order chi connectivity index (χ1) is 10.9. The maximum absolute atomic E-state index is 12.9. The molecule has 0 saturated heterocycles. The first kappa shape index (κ1) is 16.9. The molecule has 23 heavy (non-hydrogen) atoms. The van der Waals surface area contributed by atoms with Crippen molar-refractivity contribution in [2.24, 2.45) is 10.9 Å². The number of carbonyl (C=O) groups excluding carboxylic acids is 1. The van der Waals surface area contributed by atoms with Gasteiger partial charge in [0.2, 0.25) is 0 Å². The molecule has 0 spiro atoms. The van der Waals surface area contributed by atoms with Crippen LogP contribution >= 0.6 is 0 Å². The molecule has 0 saturated carbocycles. The van der Waals surface area contributed by atoms with Crippen molar-refractivity contribution in [1.82, 2.24) is 0 Å².